The molecular weight excluding hydrogens is 807 g/mol. The SMILES string of the molecule is CC(C)(C)C(=O)/C=C(\[O-])C(C)(C)C.CC(C)(C)C(=O)/C=C(\[O-])C(C)(C)C.CC(C)(C)C(=O)/C=C(\[O-])C(C)(C)C.[Gd+3].[Gd+3]. The fourth-order valence-electron chi connectivity index (χ4n) is 1.66. The van der Waals surface area contributed by atoms with Crippen molar-refractivity contribution in [2.24, 2.45) is 32.5 Å². The predicted octanol–water partition coefficient (Wildman–Crippen LogP) is 5.68. The zero-order valence-corrected chi connectivity index (χ0v) is 33.4. The number of hydrogen-bond acceptors (Lipinski definition) is 6. The molecule has 0 heterocycles. The molecule has 0 aliphatic heterocycles. The molecular formula is C33H57Gd2O6+3. The minimum atomic E-state index is -0.457. The van der Waals surface area contributed by atoms with Crippen LogP contribution in [0.15, 0.2) is 35.5 Å². The Labute approximate surface area is 316 Å². The molecule has 8 heteroatoms. The molecule has 0 aliphatic rings. The van der Waals surface area contributed by atoms with Crippen molar-refractivity contribution in [3.8, 4) is 0 Å². The molecule has 41 heavy (non-hydrogen) atoms. The second-order valence-electron chi connectivity index (χ2n) is 16.1. The third-order valence-corrected chi connectivity index (χ3v) is 5.22. The van der Waals surface area contributed by atoms with Crippen LogP contribution in [0.25, 0.3) is 0 Å². The minimum absolute atomic E-state index is 0. The van der Waals surface area contributed by atoms with Gasteiger partial charge >= 0.3 is 79.9 Å². The van der Waals surface area contributed by atoms with Crippen LogP contribution in [0.5, 0.6) is 0 Å². The Morgan fingerprint density at radius 2 is 0.463 bits per heavy atom. The fraction of sp³-hybridized carbons (Fsp3) is 0.727. The van der Waals surface area contributed by atoms with E-state index < -0.39 is 32.5 Å². The molecule has 0 saturated carbocycles. The summed E-state index contributed by atoms with van der Waals surface area (Å²) in [5.41, 5.74) is -2.74. The summed E-state index contributed by atoms with van der Waals surface area (Å²) in [5, 5.41) is 34.3. The van der Waals surface area contributed by atoms with Crippen molar-refractivity contribution in [1.29, 1.82) is 0 Å². The van der Waals surface area contributed by atoms with Crippen LogP contribution in [-0.4, -0.2) is 17.3 Å². The van der Waals surface area contributed by atoms with E-state index in [0.717, 1.165) is 0 Å². The summed E-state index contributed by atoms with van der Waals surface area (Å²) in [7, 11) is 0. The van der Waals surface area contributed by atoms with Crippen molar-refractivity contribution in [1.82, 2.24) is 0 Å². The minimum Gasteiger partial charge on any atom is -0.875 e. The van der Waals surface area contributed by atoms with Crippen LogP contribution in [0.2, 0.25) is 0 Å². The van der Waals surface area contributed by atoms with Gasteiger partial charge in [0.25, 0.3) is 0 Å². The Bertz CT molecular complexity index is 806. The van der Waals surface area contributed by atoms with Crippen molar-refractivity contribution < 1.29 is 110 Å². The summed E-state index contributed by atoms with van der Waals surface area (Å²) < 4.78 is 0. The molecule has 0 aromatic carbocycles. The first-order valence-electron chi connectivity index (χ1n) is 13.5. The summed E-state index contributed by atoms with van der Waals surface area (Å²) >= 11 is 0. The van der Waals surface area contributed by atoms with E-state index in [2.05, 4.69) is 0 Å². The first kappa shape index (κ1) is 50.9. The van der Waals surface area contributed by atoms with Gasteiger partial charge in [0.05, 0.1) is 0 Å². The van der Waals surface area contributed by atoms with Gasteiger partial charge in [-0.15, -0.1) is 17.3 Å². The van der Waals surface area contributed by atoms with Crippen LogP contribution in [-0.2, 0) is 14.4 Å². The predicted molar refractivity (Wildman–Crippen MR) is 156 cm³/mol. The van der Waals surface area contributed by atoms with Crippen molar-refractivity contribution in [2.75, 3.05) is 0 Å². The average Bonchev–Trinajstić information content (AvgIpc) is 2.64. The quantitative estimate of drug-likeness (QED) is 0.267. The monoisotopic (exact) mass is 865 g/mol. The maximum atomic E-state index is 11.4. The Morgan fingerprint density at radius 3 is 0.537 bits per heavy atom. The number of ketones is 3. The Kier molecular flexibility index (Phi) is 23.5. The summed E-state index contributed by atoms with van der Waals surface area (Å²) in [4.78, 5) is 34.3. The topological polar surface area (TPSA) is 120 Å². The van der Waals surface area contributed by atoms with E-state index in [-0.39, 0.29) is 115 Å². The maximum Gasteiger partial charge on any atom is 3.00 e. The van der Waals surface area contributed by atoms with E-state index in [4.69, 9.17) is 0 Å². The van der Waals surface area contributed by atoms with Crippen LogP contribution < -0.4 is 15.3 Å². The Balaban J connectivity index is -0.000000154. The molecule has 238 valence electrons. The van der Waals surface area contributed by atoms with E-state index in [1.54, 1.807) is 0 Å². The van der Waals surface area contributed by atoms with E-state index in [1.807, 2.05) is 125 Å². The van der Waals surface area contributed by atoms with Crippen LogP contribution in [0.3, 0.4) is 0 Å². The molecule has 0 rings (SSSR count). The third-order valence-electron chi connectivity index (χ3n) is 5.22. The van der Waals surface area contributed by atoms with Crippen molar-refractivity contribution in [3.05, 3.63) is 35.5 Å². The molecule has 0 aliphatic carbocycles. The van der Waals surface area contributed by atoms with Crippen molar-refractivity contribution >= 4 is 17.3 Å². The zero-order chi connectivity index (χ0) is 32.6. The van der Waals surface area contributed by atoms with Crippen molar-refractivity contribution in [2.45, 2.75) is 125 Å². The summed E-state index contributed by atoms with van der Waals surface area (Å²) in [6.45, 7) is 32.5. The molecule has 0 N–H and O–H groups in total. The second kappa shape index (κ2) is 18.9. The van der Waals surface area contributed by atoms with Crippen molar-refractivity contribution in [3.63, 3.8) is 0 Å². The van der Waals surface area contributed by atoms with Gasteiger partial charge in [-0.2, -0.15) is 0 Å². The normalized spacial score (nSPS) is 13.8. The molecule has 2 radical (unpaired) electrons. The molecule has 0 bridgehead atoms. The van der Waals surface area contributed by atoms with Gasteiger partial charge in [0.15, 0.2) is 17.3 Å². The van der Waals surface area contributed by atoms with Crippen LogP contribution in [0.1, 0.15) is 125 Å². The zero-order valence-electron chi connectivity index (χ0n) is 28.9. The molecule has 0 amide bonds. The summed E-state index contributed by atoms with van der Waals surface area (Å²) in [5.74, 6) is -0.625. The number of hydrogen-bond donors (Lipinski definition) is 0. The third kappa shape index (κ3) is 25.3. The number of allylic oxidation sites excluding steroid dienone is 6. The molecule has 0 spiro atoms. The molecule has 6 nitrogen and oxygen atoms in total. The molecule has 0 saturated heterocycles. The fourth-order valence-corrected chi connectivity index (χ4v) is 1.66. The van der Waals surface area contributed by atoms with E-state index >= 15 is 0 Å². The molecule has 0 aromatic rings. The first-order chi connectivity index (χ1) is 16.6. The number of carbonyl (C=O) groups is 3. The van der Waals surface area contributed by atoms with Gasteiger partial charge in [-0.05, 0) is 34.5 Å². The first-order valence-corrected chi connectivity index (χ1v) is 13.5. The standard InChI is InChI=1S/3C11H20O2.2Gd/c3*1-10(2,3)8(12)7-9(13)11(4,5)6;;/h3*7,12H,1-6H3;;/q;;;2*+3/p-3/b3*8-7-;;. The summed E-state index contributed by atoms with van der Waals surface area (Å²) in [6, 6.07) is 0. The molecule has 0 fully saturated rings. The van der Waals surface area contributed by atoms with Gasteiger partial charge in [-0.3, -0.25) is 14.4 Å². The largest absolute Gasteiger partial charge is 3.00 e. The van der Waals surface area contributed by atoms with Gasteiger partial charge in [-0.25, -0.2) is 0 Å². The number of rotatable bonds is 3. The molecule has 0 unspecified atom stereocenters. The Morgan fingerprint density at radius 1 is 0.341 bits per heavy atom. The van der Waals surface area contributed by atoms with E-state index in [0.29, 0.717) is 0 Å². The average molecular weight is 864 g/mol. The van der Waals surface area contributed by atoms with Crippen LogP contribution in [0, 0.1) is 112 Å². The molecule has 0 atom stereocenters. The van der Waals surface area contributed by atoms with Crippen LogP contribution >= 0.6 is 0 Å². The second-order valence-corrected chi connectivity index (χ2v) is 16.1. The van der Waals surface area contributed by atoms with E-state index in [1.165, 1.54) is 18.2 Å². The van der Waals surface area contributed by atoms with Gasteiger partial charge in [0.2, 0.25) is 0 Å². The van der Waals surface area contributed by atoms with Gasteiger partial charge in [-0.1, -0.05) is 125 Å². The summed E-state index contributed by atoms with van der Waals surface area (Å²) in [6.07, 6.45) is 3.67. The van der Waals surface area contributed by atoms with E-state index in [9.17, 15) is 29.7 Å². The maximum absolute atomic E-state index is 11.4. The van der Waals surface area contributed by atoms with Gasteiger partial charge in [0.1, 0.15) is 0 Å². The van der Waals surface area contributed by atoms with Gasteiger partial charge in [0, 0.05) is 16.2 Å². The van der Waals surface area contributed by atoms with Gasteiger partial charge < -0.3 is 15.3 Å². The Hall–Kier alpha value is 0.279. The molecule has 0 aromatic heterocycles. The van der Waals surface area contributed by atoms with Crippen LogP contribution in [0.4, 0.5) is 0 Å². The number of carbonyl (C=O) groups excluding carboxylic acids is 3. The smallest absolute Gasteiger partial charge is 0.875 e.